The fourth-order valence-electron chi connectivity index (χ4n) is 2.25. The topological polar surface area (TPSA) is 69.6 Å². The maximum atomic E-state index is 13.6. The molecule has 1 saturated heterocycles. The molecule has 0 spiro atoms. The van der Waals surface area contributed by atoms with Crippen LogP contribution >= 0.6 is 11.6 Å². The molecule has 21 heavy (non-hydrogen) atoms. The highest BCUT2D eigenvalue weighted by atomic mass is 35.5. The van der Waals surface area contributed by atoms with Crippen molar-refractivity contribution >= 4 is 23.4 Å². The normalized spacial score (nSPS) is 18.4. The van der Waals surface area contributed by atoms with Crippen LogP contribution in [0.15, 0.2) is 18.2 Å². The monoisotopic (exact) mass is 314 g/mol. The molecule has 1 aromatic carbocycles. The number of aliphatic hydroxyl groups excluding tert-OH is 1. The van der Waals surface area contributed by atoms with Gasteiger partial charge in [-0.05, 0) is 25.0 Å². The Morgan fingerprint density at radius 1 is 1.48 bits per heavy atom. The fraction of sp³-hybridized carbons (Fsp3) is 0.429. The molecule has 2 amide bonds. The number of carbonyl (C=O) groups excluding carboxylic acids is 2. The largest absolute Gasteiger partial charge is 0.391 e. The fourth-order valence-corrected chi connectivity index (χ4v) is 2.50. The number of amides is 2. The molecule has 7 heteroatoms. The third-order valence-electron chi connectivity index (χ3n) is 3.34. The zero-order chi connectivity index (χ0) is 15.4. The molecule has 0 saturated carbocycles. The minimum absolute atomic E-state index is 0.00616. The Kier molecular flexibility index (Phi) is 5.14. The zero-order valence-electron chi connectivity index (χ0n) is 11.3. The van der Waals surface area contributed by atoms with E-state index in [0.29, 0.717) is 13.0 Å². The maximum absolute atomic E-state index is 13.6. The van der Waals surface area contributed by atoms with Gasteiger partial charge in [0.15, 0.2) is 0 Å². The number of nitrogens with one attached hydrogen (secondary N) is 1. The average Bonchev–Trinajstić information content (AvgIpc) is 2.44. The molecule has 1 aromatic rings. The summed E-state index contributed by atoms with van der Waals surface area (Å²) in [5.41, 5.74) is -0.273. The van der Waals surface area contributed by atoms with Gasteiger partial charge >= 0.3 is 0 Å². The molecule has 1 aliphatic heterocycles. The van der Waals surface area contributed by atoms with Crippen molar-refractivity contribution < 1.29 is 19.1 Å². The Morgan fingerprint density at radius 3 is 2.90 bits per heavy atom. The van der Waals surface area contributed by atoms with Crippen LogP contribution in [0.1, 0.15) is 23.2 Å². The highest BCUT2D eigenvalue weighted by molar-refractivity contribution is 6.33. The number of carbonyl (C=O) groups is 2. The lowest BCUT2D eigenvalue weighted by molar-refractivity contribution is -0.133. The highest BCUT2D eigenvalue weighted by Crippen LogP contribution is 2.18. The van der Waals surface area contributed by atoms with E-state index in [0.717, 1.165) is 12.5 Å². The van der Waals surface area contributed by atoms with Gasteiger partial charge in [0.05, 0.1) is 23.2 Å². The molecular weight excluding hydrogens is 299 g/mol. The summed E-state index contributed by atoms with van der Waals surface area (Å²) in [4.78, 5) is 25.3. The van der Waals surface area contributed by atoms with Gasteiger partial charge < -0.3 is 15.3 Å². The van der Waals surface area contributed by atoms with Gasteiger partial charge in [-0.2, -0.15) is 0 Å². The second-order valence-corrected chi connectivity index (χ2v) is 5.32. The first-order chi connectivity index (χ1) is 9.99. The number of likely N-dealkylation sites (tertiary alicyclic amines) is 1. The minimum atomic E-state index is -0.735. The first-order valence-corrected chi connectivity index (χ1v) is 7.05. The van der Waals surface area contributed by atoms with Crippen molar-refractivity contribution in [2.75, 3.05) is 19.6 Å². The SMILES string of the molecule is O=C(NCC(=O)N1CCCC(O)C1)c1c(F)cccc1Cl. The molecule has 1 fully saturated rings. The number of nitrogens with zero attached hydrogens (tertiary/aromatic N) is 1. The number of hydrogen-bond acceptors (Lipinski definition) is 3. The number of β-amino-alcohol motifs (C(OH)–C–C–N with tert-alkyl or cyclic N) is 1. The quantitative estimate of drug-likeness (QED) is 0.880. The Labute approximate surface area is 126 Å². The van der Waals surface area contributed by atoms with Crippen LogP contribution in [0, 0.1) is 5.82 Å². The Morgan fingerprint density at radius 2 is 2.24 bits per heavy atom. The number of rotatable bonds is 3. The summed E-state index contributed by atoms with van der Waals surface area (Å²) in [7, 11) is 0. The summed E-state index contributed by atoms with van der Waals surface area (Å²) < 4.78 is 13.6. The van der Waals surface area contributed by atoms with Gasteiger partial charge in [-0.25, -0.2) is 4.39 Å². The van der Waals surface area contributed by atoms with Crippen molar-refractivity contribution in [3.8, 4) is 0 Å². The van der Waals surface area contributed by atoms with E-state index in [1.54, 1.807) is 0 Å². The summed E-state index contributed by atoms with van der Waals surface area (Å²) in [6.45, 7) is 0.553. The molecule has 2 N–H and O–H groups in total. The van der Waals surface area contributed by atoms with Crippen molar-refractivity contribution in [2.45, 2.75) is 18.9 Å². The molecule has 0 aliphatic carbocycles. The van der Waals surface area contributed by atoms with Gasteiger partial charge in [-0.15, -0.1) is 0 Å². The van der Waals surface area contributed by atoms with Crippen molar-refractivity contribution in [2.24, 2.45) is 0 Å². The lowest BCUT2D eigenvalue weighted by Crippen LogP contribution is -2.46. The number of halogens is 2. The van der Waals surface area contributed by atoms with Gasteiger partial charge in [-0.3, -0.25) is 9.59 Å². The molecule has 0 radical (unpaired) electrons. The smallest absolute Gasteiger partial charge is 0.256 e. The molecule has 0 bridgehead atoms. The summed E-state index contributed by atoms with van der Waals surface area (Å²) in [6.07, 6.45) is 0.862. The predicted molar refractivity (Wildman–Crippen MR) is 75.6 cm³/mol. The summed E-state index contributed by atoms with van der Waals surface area (Å²) in [5.74, 6) is -1.78. The lowest BCUT2D eigenvalue weighted by Gasteiger charge is -2.30. The molecule has 2 rings (SSSR count). The molecular formula is C14H16ClFN2O3. The van der Waals surface area contributed by atoms with Crippen LogP contribution < -0.4 is 5.32 Å². The van der Waals surface area contributed by atoms with E-state index in [4.69, 9.17) is 11.6 Å². The van der Waals surface area contributed by atoms with Gasteiger partial charge in [0.25, 0.3) is 5.91 Å². The van der Waals surface area contributed by atoms with E-state index in [1.165, 1.54) is 17.0 Å². The van der Waals surface area contributed by atoms with Crippen LogP contribution in [0.4, 0.5) is 4.39 Å². The van der Waals surface area contributed by atoms with Crippen molar-refractivity contribution in [3.63, 3.8) is 0 Å². The van der Waals surface area contributed by atoms with Gasteiger partial charge in [0.1, 0.15) is 5.82 Å². The summed E-state index contributed by atoms with van der Waals surface area (Å²) in [6, 6.07) is 3.93. The third kappa shape index (κ3) is 3.92. The third-order valence-corrected chi connectivity index (χ3v) is 3.65. The maximum Gasteiger partial charge on any atom is 0.256 e. The van der Waals surface area contributed by atoms with Crippen LogP contribution in [0.2, 0.25) is 5.02 Å². The lowest BCUT2D eigenvalue weighted by atomic mass is 10.1. The zero-order valence-corrected chi connectivity index (χ0v) is 12.1. The van der Waals surface area contributed by atoms with Crippen molar-refractivity contribution in [1.29, 1.82) is 0 Å². The average molecular weight is 315 g/mol. The second-order valence-electron chi connectivity index (χ2n) is 4.92. The molecule has 1 heterocycles. The predicted octanol–water partition coefficient (Wildman–Crippen LogP) is 1.19. The number of aliphatic hydroxyl groups is 1. The van der Waals surface area contributed by atoms with Crippen molar-refractivity contribution in [3.05, 3.63) is 34.6 Å². The highest BCUT2D eigenvalue weighted by Gasteiger charge is 2.23. The van der Waals surface area contributed by atoms with Crippen LogP contribution in [-0.2, 0) is 4.79 Å². The molecule has 0 aromatic heterocycles. The molecule has 1 aliphatic rings. The van der Waals surface area contributed by atoms with E-state index in [1.807, 2.05) is 0 Å². The van der Waals surface area contributed by atoms with Crippen molar-refractivity contribution in [1.82, 2.24) is 10.2 Å². The van der Waals surface area contributed by atoms with E-state index >= 15 is 0 Å². The van der Waals surface area contributed by atoms with Gasteiger partial charge in [0, 0.05) is 13.1 Å². The molecule has 114 valence electrons. The van der Waals surface area contributed by atoms with E-state index in [2.05, 4.69) is 5.32 Å². The van der Waals surface area contributed by atoms with Gasteiger partial charge in [0.2, 0.25) is 5.91 Å². The number of hydrogen-bond donors (Lipinski definition) is 2. The van der Waals surface area contributed by atoms with Crippen LogP contribution in [0.25, 0.3) is 0 Å². The number of benzene rings is 1. The van der Waals surface area contributed by atoms with E-state index in [-0.39, 0.29) is 29.6 Å². The summed E-state index contributed by atoms with van der Waals surface area (Å²) >= 11 is 5.78. The first-order valence-electron chi connectivity index (χ1n) is 6.67. The molecule has 1 unspecified atom stereocenters. The standard InChI is InChI=1S/C14H16ClFN2O3/c15-10-4-1-5-11(16)13(10)14(21)17-7-12(20)18-6-2-3-9(19)8-18/h1,4-5,9,19H,2-3,6-8H2,(H,17,21). The van der Waals surface area contributed by atoms with E-state index in [9.17, 15) is 19.1 Å². The van der Waals surface area contributed by atoms with Crippen LogP contribution in [-0.4, -0.2) is 47.6 Å². The Hall–Kier alpha value is -1.66. The Bertz CT molecular complexity index is 533. The first kappa shape index (κ1) is 15.7. The van der Waals surface area contributed by atoms with Crippen LogP contribution in [0.5, 0.6) is 0 Å². The van der Waals surface area contributed by atoms with E-state index < -0.39 is 17.8 Å². The summed E-state index contributed by atoms with van der Waals surface area (Å²) in [5, 5.41) is 11.9. The molecule has 5 nitrogen and oxygen atoms in total. The Balaban J connectivity index is 1.93. The number of piperidine rings is 1. The van der Waals surface area contributed by atoms with Gasteiger partial charge in [-0.1, -0.05) is 17.7 Å². The molecule has 1 atom stereocenters. The van der Waals surface area contributed by atoms with Crippen LogP contribution in [0.3, 0.4) is 0 Å². The second kappa shape index (κ2) is 6.87. The minimum Gasteiger partial charge on any atom is -0.391 e.